The zero-order valence-corrected chi connectivity index (χ0v) is 10.6. The Hall–Kier alpha value is -1.31. The largest absolute Gasteiger partial charge is 0.468 e. The third-order valence-electron chi connectivity index (χ3n) is 3.97. The molecule has 0 heterocycles. The van der Waals surface area contributed by atoms with E-state index < -0.39 is 5.41 Å². The maximum absolute atomic E-state index is 12.1. The molecule has 2 rings (SSSR count). The first kappa shape index (κ1) is 12.2. The molecule has 0 aromatic heterocycles. The van der Waals surface area contributed by atoms with Gasteiger partial charge >= 0.3 is 5.97 Å². The van der Waals surface area contributed by atoms with Gasteiger partial charge in [0, 0.05) is 0 Å². The fourth-order valence-electron chi connectivity index (χ4n) is 2.62. The maximum Gasteiger partial charge on any atom is 0.316 e. The summed E-state index contributed by atoms with van der Waals surface area (Å²) in [5, 5.41) is 0. The summed E-state index contributed by atoms with van der Waals surface area (Å²) < 4.78 is 5.00. The average molecular weight is 232 g/mol. The Morgan fingerprint density at radius 2 is 2.00 bits per heavy atom. The van der Waals surface area contributed by atoms with Crippen molar-refractivity contribution in [1.29, 1.82) is 0 Å². The van der Waals surface area contributed by atoms with Gasteiger partial charge in [-0.15, -0.1) is 0 Å². The lowest BCUT2D eigenvalue weighted by Crippen LogP contribution is -2.37. The van der Waals surface area contributed by atoms with Crippen LogP contribution in [0, 0.1) is 5.92 Å². The minimum atomic E-state index is -0.485. The molecular formula is C15H20O2. The first-order chi connectivity index (χ1) is 8.16. The van der Waals surface area contributed by atoms with Crippen molar-refractivity contribution >= 4 is 5.97 Å². The first-order valence-electron chi connectivity index (χ1n) is 6.31. The molecule has 1 aliphatic carbocycles. The van der Waals surface area contributed by atoms with Crippen LogP contribution in [0.25, 0.3) is 0 Å². The molecule has 0 radical (unpaired) electrons. The van der Waals surface area contributed by atoms with E-state index in [9.17, 15) is 4.79 Å². The van der Waals surface area contributed by atoms with Crippen molar-refractivity contribution in [2.24, 2.45) is 5.92 Å². The molecule has 0 N–H and O–H groups in total. The molecule has 2 nitrogen and oxygen atoms in total. The van der Waals surface area contributed by atoms with Crippen LogP contribution in [0.1, 0.15) is 38.2 Å². The summed E-state index contributed by atoms with van der Waals surface area (Å²) in [7, 11) is 1.48. The van der Waals surface area contributed by atoms with Crippen molar-refractivity contribution in [3.63, 3.8) is 0 Å². The van der Waals surface area contributed by atoms with Gasteiger partial charge < -0.3 is 4.74 Å². The summed E-state index contributed by atoms with van der Waals surface area (Å²) in [6.45, 7) is 2.01. The average Bonchev–Trinajstić information content (AvgIpc) is 2.33. The lowest BCUT2D eigenvalue weighted by Gasteiger charge is -2.35. The fourth-order valence-corrected chi connectivity index (χ4v) is 2.62. The third kappa shape index (κ3) is 2.36. The molecule has 1 unspecified atom stereocenters. The smallest absolute Gasteiger partial charge is 0.316 e. The van der Waals surface area contributed by atoms with E-state index in [1.165, 1.54) is 26.4 Å². The lowest BCUT2D eigenvalue weighted by molar-refractivity contribution is -0.148. The molecule has 1 aliphatic rings. The Labute approximate surface area is 103 Å². The first-order valence-corrected chi connectivity index (χ1v) is 6.31. The van der Waals surface area contributed by atoms with E-state index >= 15 is 0 Å². The molecule has 0 saturated heterocycles. The number of rotatable bonds is 4. The van der Waals surface area contributed by atoms with Gasteiger partial charge in [0.05, 0.1) is 12.5 Å². The maximum atomic E-state index is 12.1. The van der Waals surface area contributed by atoms with Crippen molar-refractivity contribution in [2.45, 2.75) is 38.0 Å². The van der Waals surface area contributed by atoms with Crippen LogP contribution < -0.4 is 0 Å². The number of carbonyl (C=O) groups is 1. The molecule has 0 spiro atoms. The molecule has 92 valence electrons. The minimum absolute atomic E-state index is 0.115. The van der Waals surface area contributed by atoms with Crippen LogP contribution in [0.3, 0.4) is 0 Å². The standard InChI is InChI=1S/C15H20O2/c1-15(14(16)17-2,11-12-7-6-8-12)13-9-4-3-5-10-13/h3-5,9-10,12H,6-8,11H2,1-2H3. The lowest BCUT2D eigenvalue weighted by atomic mass is 9.69. The van der Waals surface area contributed by atoms with Crippen LogP contribution in [0.15, 0.2) is 30.3 Å². The second kappa shape index (κ2) is 4.91. The van der Waals surface area contributed by atoms with E-state index in [0.717, 1.165) is 12.0 Å². The molecule has 17 heavy (non-hydrogen) atoms. The molecule has 2 heteroatoms. The molecule has 1 aromatic carbocycles. The van der Waals surface area contributed by atoms with Crippen molar-refractivity contribution < 1.29 is 9.53 Å². The van der Waals surface area contributed by atoms with E-state index in [2.05, 4.69) is 0 Å². The summed E-state index contributed by atoms with van der Waals surface area (Å²) in [4.78, 5) is 12.1. The predicted octanol–water partition coefficient (Wildman–Crippen LogP) is 3.31. The van der Waals surface area contributed by atoms with Gasteiger partial charge in [0.15, 0.2) is 0 Å². The van der Waals surface area contributed by atoms with E-state index in [4.69, 9.17) is 4.74 Å². The van der Waals surface area contributed by atoms with Crippen LogP contribution >= 0.6 is 0 Å². The van der Waals surface area contributed by atoms with Gasteiger partial charge in [-0.3, -0.25) is 4.79 Å². The molecule has 0 amide bonds. The Kier molecular flexibility index (Phi) is 3.51. The number of ether oxygens (including phenoxy) is 1. The molecule has 1 aromatic rings. The van der Waals surface area contributed by atoms with Gasteiger partial charge in [0.2, 0.25) is 0 Å². The van der Waals surface area contributed by atoms with Gasteiger partial charge in [0.25, 0.3) is 0 Å². The van der Waals surface area contributed by atoms with Crippen LogP contribution in [0.2, 0.25) is 0 Å². The number of carbonyl (C=O) groups excluding carboxylic acids is 1. The quantitative estimate of drug-likeness (QED) is 0.744. The van der Waals surface area contributed by atoms with Gasteiger partial charge in [-0.1, -0.05) is 49.6 Å². The van der Waals surface area contributed by atoms with E-state index in [-0.39, 0.29) is 5.97 Å². The van der Waals surface area contributed by atoms with E-state index in [1.54, 1.807) is 0 Å². The fraction of sp³-hybridized carbons (Fsp3) is 0.533. The summed E-state index contributed by atoms with van der Waals surface area (Å²) in [6.07, 6.45) is 4.71. The molecule has 1 saturated carbocycles. The normalized spacial score (nSPS) is 19.2. The van der Waals surface area contributed by atoms with Crippen LogP contribution in [-0.4, -0.2) is 13.1 Å². The second-order valence-electron chi connectivity index (χ2n) is 5.19. The number of benzene rings is 1. The Balaban J connectivity index is 2.25. The summed E-state index contributed by atoms with van der Waals surface area (Å²) in [6, 6.07) is 9.99. The minimum Gasteiger partial charge on any atom is -0.468 e. The summed E-state index contributed by atoms with van der Waals surface area (Å²) >= 11 is 0. The second-order valence-corrected chi connectivity index (χ2v) is 5.19. The number of esters is 1. The Bertz CT molecular complexity index is 381. The van der Waals surface area contributed by atoms with E-state index in [1.807, 2.05) is 37.3 Å². The Morgan fingerprint density at radius 3 is 2.47 bits per heavy atom. The van der Waals surface area contributed by atoms with Gasteiger partial charge in [0.1, 0.15) is 0 Å². The number of methoxy groups -OCH3 is 1. The van der Waals surface area contributed by atoms with E-state index in [0.29, 0.717) is 5.92 Å². The highest BCUT2D eigenvalue weighted by Gasteiger charge is 2.39. The number of hydrogen-bond donors (Lipinski definition) is 0. The molecular weight excluding hydrogens is 212 g/mol. The van der Waals surface area contributed by atoms with Gasteiger partial charge in [-0.2, -0.15) is 0 Å². The van der Waals surface area contributed by atoms with Crippen LogP contribution in [0.4, 0.5) is 0 Å². The highest BCUT2D eigenvalue weighted by atomic mass is 16.5. The zero-order valence-electron chi connectivity index (χ0n) is 10.6. The molecule has 1 atom stereocenters. The summed E-state index contributed by atoms with van der Waals surface area (Å²) in [5.41, 5.74) is 0.583. The van der Waals surface area contributed by atoms with Crippen LogP contribution in [-0.2, 0) is 14.9 Å². The zero-order chi connectivity index (χ0) is 12.3. The predicted molar refractivity (Wildman–Crippen MR) is 67.8 cm³/mol. The molecule has 0 bridgehead atoms. The van der Waals surface area contributed by atoms with Crippen molar-refractivity contribution in [1.82, 2.24) is 0 Å². The van der Waals surface area contributed by atoms with Crippen molar-refractivity contribution in [2.75, 3.05) is 7.11 Å². The monoisotopic (exact) mass is 232 g/mol. The van der Waals surface area contributed by atoms with Gasteiger partial charge in [-0.25, -0.2) is 0 Å². The van der Waals surface area contributed by atoms with Gasteiger partial charge in [-0.05, 0) is 24.8 Å². The van der Waals surface area contributed by atoms with Crippen LogP contribution in [0.5, 0.6) is 0 Å². The molecule has 1 fully saturated rings. The highest BCUT2D eigenvalue weighted by molar-refractivity contribution is 5.82. The van der Waals surface area contributed by atoms with Crippen molar-refractivity contribution in [3.8, 4) is 0 Å². The number of hydrogen-bond acceptors (Lipinski definition) is 2. The topological polar surface area (TPSA) is 26.3 Å². The Morgan fingerprint density at radius 1 is 1.35 bits per heavy atom. The summed E-state index contributed by atoms with van der Waals surface area (Å²) in [5.74, 6) is 0.565. The third-order valence-corrected chi connectivity index (χ3v) is 3.97. The SMILES string of the molecule is COC(=O)C(C)(CC1CCC1)c1ccccc1. The van der Waals surface area contributed by atoms with Crippen molar-refractivity contribution in [3.05, 3.63) is 35.9 Å². The highest BCUT2D eigenvalue weighted by Crippen LogP contribution is 2.40. The molecule has 0 aliphatic heterocycles.